The minimum atomic E-state index is -0.164. The molecule has 0 radical (unpaired) electrons. The van der Waals surface area contributed by atoms with Crippen LogP contribution in [0, 0.1) is 6.92 Å². The van der Waals surface area contributed by atoms with Crippen LogP contribution in [0.2, 0.25) is 5.02 Å². The minimum absolute atomic E-state index is 0.164. The largest absolute Gasteiger partial charge is 0.483 e. The van der Waals surface area contributed by atoms with Crippen LogP contribution in [0.25, 0.3) is 0 Å². The number of hydrogen-bond donors (Lipinski definition) is 1. The first kappa shape index (κ1) is 12.9. The summed E-state index contributed by atoms with van der Waals surface area (Å²) in [7, 11) is 0. The third-order valence-corrected chi connectivity index (χ3v) is 2.62. The molecule has 0 aliphatic carbocycles. The number of rotatable bonds is 4. The first-order chi connectivity index (χ1) is 8.56. The van der Waals surface area contributed by atoms with Crippen LogP contribution in [0.15, 0.2) is 22.6 Å². The van der Waals surface area contributed by atoms with E-state index in [4.69, 9.17) is 26.5 Å². The lowest BCUT2D eigenvalue weighted by Gasteiger charge is -2.13. The van der Waals surface area contributed by atoms with Gasteiger partial charge in [0.2, 0.25) is 5.89 Å². The van der Waals surface area contributed by atoms with Crippen LogP contribution in [0.1, 0.15) is 30.3 Å². The maximum atomic E-state index is 5.93. The maximum absolute atomic E-state index is 5.93. The zero-order chi connectivity index (χ0) is 13.1. The van der Waals surface area contributed by atoms with Gasteiger partial charge in [0.25, 0.3) is 5.89 Å². The van der Waals surface area contributed by atoms with Gasteiger partial charge in [-0.05, 0) is 25.1 Å². The molecule has 1 aromatic heterocycles. The second-order valence-corrected chi connectivity index (χ2v) is 4.41. The quantitative estimate of drug-likeness (QED) is 0.922. The molecule has 6 heteroatoms. The lowest BCUT2D eigenvalue weighted by atomic mass is 10.1. The van der Waals surface area contributed by atoms with E-state index in [2.05, 4.69) is 10.2 Å². The van der Waals surface area contributed by atoms with Gasteiger partial charge in [-0.1, -0.05) is 11.6 Å². The molecule has 0 bridgehead atoms. The second kappa shape index (κ2) is 5.37. The van der Waals surface area contributed by atoms with E-state index in [1.807, 2.05) is 6.92 Å². The van der Waals surface area contributed by atoms with Crippen LogP contribution in [-0.2, 0) is 6.61 Å². The van der Waals surface area contributed by atoms with Gasteiger partial charge in [-0.15, -0.1) is 10.2 Å². The number of halogens is 1. The Balaban J connectivity index is 2.13. The van der Waals surface area contributed by atoms with Crippen LogP contribution in [0.3, 0.4) is 0 Å². The standard InChI is InChI=1S/C12H14ClN3O2/c1-7(14)10-5-9(13)3-4-11(10)17-6-12-16-15-8(2)18-12/h3-5,7H,6,14H2,1-2H3. The predicted octanol–water partition coefficient (Wildman–Crippen LogP) is 2.63. The number of nitrogens with zero attached hydrogens (tertiary/aromatic N) is 2. The first-order valence-electron chi connectivity index (χ1n) is 5.53. The van der Waals surface area contributed by atoms with Crippen molar-refractivity contribution >= 4 is 11.6 Å². The van der Waals surface area contributed by atoms with Crippen LogP contribution in [0.5, 0.6) is 5.75 Å². The van der Waals surface area contributed by atoms with Gasteiger partial charge in [0.15, 0.2) is 6.61 Å². The van der Waals surface area contributed by atoms with Crippen molar-refractivity contribution in [2.45, 2.75) is 26.5 Å². The molecule has 0 fully saturated rings. The molecule has 18 heavy (non-hydrogen) atoms. The fourth-order valence-corrected chi connectivity index (χ4v) is 1.72. The average Bonchev–Trinajstić information content (AvgIpc) is 2.73. The van der Waals surface area contributed by atoms with Crippen molar-refractivity contribution in [1.29, 1.82) is 0 Å². The lowest BCUT2D eigenvalue weighted by Crippen LogP contribution is -2.08. The van der Waals surface area contributed by atoms with E-state index in [0.29, 0.717) is 22.6 Å². The summed E-state index contributed by atoms with van der Waals surface area (Å²) in [6, 6.07) is 5.16. The molecule has 96 valence electrons. The summed E-state index contributed by atoms with van der Waals surface area (Å²) >= 11 is 5.93. The summed E-state index contributed by atoms with van der Waals surface area (Å²) < 4.78 is 10.8. The van der Waals surface area contributed by atoms with Crippen molar-refractivity contribution < 1.29 is 9.15 Å². The normalized spacial score (nSPS) is 12.4. The van der Waals surface area contributed by atoms with Crippen LogP contribution < -0.4 is 10.5 Å². The van der Waals surface area contributed by atoms with E-state index >= 15 is 0 Å². The molecule has 0 aliphatic heterocycles. The van der Waals surface area contributed by atoms with Crippen molar-refractivity contribution in [2.24, 2.45) is 5.73 Å². The van der Waals surface area contributed by atoms with Gasteiger partial charge >= 0.3 is 0 Å². The molecular formula is C12H14ClN3O2. The van der Waals surface area contributed by atoms with E-state index in [9.17, 15) is 0 Å². The Hall–Kier alpha value is -1.59. The molecule has 0 aliphatic rings. The molecule has 1 unspecified atom stereocenters. The highest BCUT2D eigenvalue weighted by Gasteiger charge is 2.10. The second-order valence-electron chi connectivity index (χ2n) is 3.97. The summed E-state index contributed by atoms with van der Waals surface area (Å²) in [5.74, 6) is 1.61. The summed E-state index contributed by atoms with van der Waals surface area (Å²) in [4.78, 5) is 0. The molecule has 0 saturated heterocycles. The fraction of sp³-hybridized carbons (Fsp3) is 0.333. The predicted molar refractivity (Wildman–Crippen MR) is 67.4 cm³/mol. The highest BCUT2D eigenvalue weighted by Crippen LogP contribution is 2.27. The molecular weight excluding hydrogens is 254 g/mol. The smallest absolute Gasteiger partial charge is 0.253 e. The van der Waals surface area contributed by atoms with Gasteiger partial charge in [0.05, 0.1) is 0 Å². The molecule has 2 aromatic rings. The molecule has 2 rings (SSSR count). The Morgan fingerprint density at radius 3 is 2.83 bits per heavy atom. The molecule has 1 atom stereocenters. The Labute approximate surface area is 110 Å². The van der Waals surface area contributed by atoms with Crippen molar-refractivity contribution in [3.05, 3.63) is 40.6 Å². The topological polar surface area (TPSA) is 74.2 Å². The molecule has 1 aromatic carbocycles. The van der Waals surface area contributed by atoms with Gasteiger partial charge in [-0.25, -0.2) is 0 Å². The number of aromatic nitrogens is 2. The highest BCUT2D eigenvalue weighted by atomic mass is 35.5. The Morgan fingerprint density at radius 1 is 1.44 bits per heavy atom. The van der Waals surface area contributed by atoms with Crippen molar-refractivity contribution in [3.8, 4) is 5.75 Å². The summed E-state index contributed by atoms with van der Waals surface area (Å²) in [6.07, 6.45) is 0. The van der Waals surface area contributed by atoms with Gasteiger partial charge in [0, 0.05) is 23.6 Å². The van der Waals surface area contributed by atoms with Crippen molar-refractivity contribution in [1.82, 2.24) is 10.2 Å². The van der Waals surface area contributed by atoms with Crippen LogP contribution in [-0.4, -0.2) is 10.2 Å². The molecule has 5 nitrogen and oxygen atoms in total. The van der Waals surface area contributed by atoms with Gasteiger partial charge in [0.1, 0.15) is 5.75 Å². The Morgan fingerprint density at radius 2 is 2.22 bits per heavy atom. The minimum Gasteiger partial charge on any atom is -0.483 e. The number of ether oxygens (including phenoxy) is 1. The Kier molecular flexibility index (Phi) is 3.84. The molecule has 0 amide bonds. The first-order valence-corrected chi connectivity index (χ1v) is 5.91. The summed E-state index contributed by atoms with van der Waals surface area (Å²) in [6.45, 7) is 3.81. The summed E-state index contributed by atoms with van der Waals surface area (Å²) in [5.41, 5.74) is 6.71. The monoisotopic (exact) mass is 267 g/mol. The zero-order valence-electron chi connectivity index (χ0n) is 10.2. The average molecular weight is 268 g/mol. The van der Waals surface area contributed by atoms with Gasteiger partial charge in [-0.3, -0.25) is 0 Å². The summed E-state index contributed by atoms with van der Waals surface area (Å²) in [5, 5.41) is 8.21. The van der Waals surface area contributed by atoms with E-state index in [0.717, 1.165) is 5.56 Å². The Bertz CT molecular complexity index is 540. The van der Waals surface area contributed by atoms with Crippen LogP contribution in [0.4, 0.5) is 0 Å². The van der Waals surface area contributed by atoms with Crippen LogP contribution >= 0.6 is 11.6 Å². The van der Waals surface area contributed by atoms with Crippen molar-refractivity contribution in [3.63, 3.8) is 0 Å². The molecule has 1 heterocycles. The number of benzene rings is 1. The van der Waals surface area contributed by atoms with E-state index < -0.39 is 0 Å². The number of hydrogen-bond acceptors (Lipinski definition) is 5. The van der Waals surface area contributed by atoms with E-state index in [1.54, 1.807) is 25.1 Å². The van der Waals surface area contributed by atoms with Crippen molar-refractivity contribution in [2.75, 3.05) is 0 Å². The molecule has 0 saturated carbocycles. The van der Waals surface area contributed by atoms with E-state index in [-0.39, 0.29) is 12.6 Å². The van der Waals surface area contributed by atoms with Gasteiger partial charge < -0.3 is 14.9 Å². The third kappa shape index (κ3) is 3.00. The maximum Gasteiger partial charge on any atom is 0.253 e. The number of nitrogens with two attached hydrogens (primary N) is 1. The zero-order valence-corrected chi connectivity index (χ0v) is 10.9. The lowest BCUT2D eigenvalue weighted by molar-refractivity contribution is 0.257. The van der Waals surface area contributed by atoms with Gasteiger partial charge in [-0.2, -0.15) is 0 Å². The number of aryl methyl sites for hydroxylation is 1. The molecule has 2 N–H and O–H groups in total. The molecule has 0 spiro atoms. The highest BCUT2D eigenvalue weighted by molar-refractivity contribution is 6.30. The SMILES string of the molecule is Cc1nnc(COc2ccc(Cl)cc2C(C)N)o1. The van der Waals surface area contributed by atoms with E-state index in [1.165, 1.54) is 0 Å². The third-order valence-electron chi connectivity index (χ3n) is 2.38. The fourth-order valence-electron chi connectivity index (χ4n) is 1.54.